The lowest BCUT2D eigenvalue weighted by Crippen LogP contribution is -2.39. The number of hydrogen-bond acceptors (Lipinski definition) is 5. The minimum absolute atomic E-state index is 0.0316. The summed E-state index contributed by atoms with van der Waals surface area (Å²) in [5, 5.41) is 8.74. The Balaban J connectivity index is 1.32. The zero-order valence-corrected chi connectivity index (χ0v) is 19.4. The molecule has 2 N–H and O–H groups in total. The molecule has 2 amide bonds. The Kier molecular flexibility index (Phi) is 6.95. The first-order chi connectivity index (χ1) is 16.6. The molecule has 2 heterocycles. The van der Waals surface area contributed by atoms with Crippen LogP contribution in [0.3, 0.4) is 0 Å². The van der Waals surface area contributed by atoms with Gasteiger partial charge in [-0.2, -0.15) is 18.3 Å². The van der Waals surface area contributed by atoms with E-state index < -0.39 is 23.3 Å². The number of carbonyl (C=O) groups excluding carboxylic acids is 2. The van der Waals surface area contributed by atoms with Crippen LogP contribution in [0, 0.1) is 5.92 Å². The lowest BCUT2D eigenvalue weighted by atomic mass is 9.90. The molecule has 0 fully saturated rings. The molecule has 0 bridgehead atoms. The molecule has 0 saturated heterocycles. The number of nitrogens with zero attached hydrogens (tertiary/aromatic N) is 3. The number of amides is 2. The van der Waals surface area contributed by atoms with E-state index >= 15 is 0 Å². The van der Waals surface area contributed by atoms with E-state index in [1.807, 2.05) is 13.8 Å². The summed E-state index contributed by atoms with van der Waals surface area (Å²) < 4.78 is 47.2. The Morgan fingerprint density at radius 3 is 2.57 bits per heavy atom. The number of oxazole rings is 1. The summed E-state index contributed by atoms with van der Waals surface area (Å²) in [5.41, 5.74) is -0.568. The number of benzene rings is 1. The van der Waals surface area contributed by atoms with E-state index in [9.17, 15) is 22.8 Å². The van der Waals surface area contributed by atoms with Crippen LogP contribution < -0.4 is 10.6 Å². The molecular formula is C24H26F3N5O3. The van der Waals surface area contributed by atoms with Crippen molar-refractivity contribution < 1.29 is 27.2 Å². The highest BCUT2D eigenvalue weighted by Gasteiger charge is 2.39. The maximum Gasteiger partial charge on any atom is 0.435 e. The second-order valence-corrected chi connectivity index (χ2v) is 8.73. The quantitative estimate of drug-likeness (QED) is 0.494. The number of aromatic nitrogens is 3. The van der Waals surface area contributed by atoms with E-state index in [1.54, 1.807) is 30.3 Å². The van der Waals surface area contributed by atoms with Crippen LogP contribution in [-0.2, 0) is 23.8 Å². The molecule has 1 aliphatic rings. The zero-order valence-electron chi connectivity index (χ0n) is 19.4. The number of halogens is 3. The van der Waals surface area contributed by atoms with Gasteiger partial charge in [0.05, 0.1) is 16.9 Å². The monoisotopic (exact) mass is 489 g/mol. The predicted octanol–water partition coefficient (Wildman–Crippen LogP) is 3.65. The first kappa shape index (κ1) is 24.5. The van der Waals surface area contributed by atoms with Crippen molar-refractivity contribution in [3.8, 4) is 5.69 Å². The molecule has 35 heavy (non-hydrogen) atoms. The first-order valence-corrected chi connectivity index (χ1v) is 11.4. The molecule has 0 spiro atoms. The topological polar surface area (TPSA) is 102 Å². The van der Waals surface area contributed by atoms with Gasteiger partial charge >= 0.3 is 6.18 Å². The van der Waals surface area contributed by atoms with Gasteiger partial charge in [0, 0.05) is 37.5 Å². The zero-order chi connectivity index (χ0) is 25.2. The fraction of sp³-hybridized carbons (Fsp3) is 0.417. The molecule has 4 rings (SSSR count). The molecule has 0 saturated carbocycles. The predicted molar refractivity (Wildman–Crippen MR) is 120 cm³/mol. The Hall–Kier alpha value is -3.63. The van der Waals surface area contributed by atoms with Crippen molar-refractivity contribution in [3.05, 3.63) is 65.1 Å². The smallest absolute Gasteiger partial charge is 0.435 e. The Bertz CT molecular complexity index is 1200. The van der Waals surface area contributed by atoms with Crippen molar-refractivity contribution in [3.63, 3.8) is 0 Å². The highest BCUT2D eigenvalue weighted by Crippen LogP contribution is 2.31. The van der Waals surface area contributed by atoms with Crippen LogP contribution in [0.1, 0.15) is 59.6 Å². The number of para-hydroxylation sites is 1. The molecule has 1 aliphatic carbocycles. The van der Waals surface area contributed by atoms with Crippen molar-refractivity contribution >= 4 is 11.8 Å². The van der Waals surface area contributed by atoms with Gasteiger partial charge in [-0.3, -0.25) is 9.59 Å². The molecule has 8 nitrogen and oxygen atoms in total. The van der Waals surface area contributed by atoms with Crippen LogP contribution in [0.25, 0.3) is 5.69 Å². The van der Waals surface area contributed by atoms with Crippen LogP contribution >= 0.6 is 0 Å². The van der Waals surface area contributed by atoms with Gasteiger partial charge in [0.25, 0.3) is 5.91 Å². The van der Waals surface area contributed by atoms with E-state index in [2.05, 4.69) is 20.7 Å². The first-order valence-electron chi connectivity index (χ1n) is 11.4. The van der Waals surface area contributed by atoms with Gasteiger partial charge in [-0.25, -0.2) is 9.67 Å². The standard InChI is InChI=1S/C24H26F3N5O3/c1-14(2)23-30-18-9-8-15(12-19(18)35-23)21(33)28-10-11-29-22(34)17-13-32(16-6-4-3-5-7-16)31-20(17)24(25,26)27/h3-7,13-15H,8-12H2,1-2H3,(H,28,33)(H,29,34). The normalized spacial score (nSPS) is 15.7. The molecule has 0 radical (unpaired) electrons. The third-order valence-corrected chi connectivity index (χ3v) is 5.78. The second kappa shape index (κ2) is 9.93. The third kappa shape index (κ3) is 5.55. The molecule has 0 aliphatic heterocycles. The third-order valence-electron chi connectivity index (χ3n) is 5.78. The van der Waals surface area contributed by atoms with Crippen LogP contribution in [0.15, 0.2) is 40.9 Å². The van der Waals surface area contributed by atoms with Gasteiger partial charge in [0.15, 0.2) is 11.6 Å². The van der Waals surface area contributed by atoms with Gasteiger partial charge in [-0.1, -0.05) is 32.0 Å². The fourth-order valence-electron chi connectivity index (χ4n) is 3.93. The lowest BCUT2D eigenvalue weighted by molar-refractivity contribution is -0.141. The van der Waals surface area contributed by atoms with Crippen molar-refractivity contribution in [2.24, 2.45) is 5.92 Å². The summed E-state index contributed by atoms with van der Waals surface area (Å²) in [5.74, 6) is 0.150. The van der Waals surface area contributed by atoms with Gasteiger partial charge in [-0.15, -0.1) is 0 Å². The average Bonchev–Trinajstić information content (AvgIpc) is 3.47. The highest BCUT2D eigenvalue weighted by molar-refractivity contribution is 5.95. The molecule has 1 unspecified atom stereocenters. The number of rotatable bonds is 7. The van der Waals surface area contributed by atoms with E-state index in [1.165, 1.54) is 0 Å². The number of aryl methyl sites for hydroxylation is 1. The summed E-state index contributed by atoms with van der Waals surface area (Å²) in [6.45, 7) is 4.02. The van der Waals surface area contributed by atoms with Crippen molar-refractivity contribution in [1.82, 2.24) is 25.4 Å². The molecule has 186 valence electrons. The SMILES string of the molecule is CC(C)c1nc2c(o1)CC(C(=O)NCCNC(=O)c1cn(-c3ccccc3)nc1C(F)(F)F)CC2. The number of fused-ring (bicyclic) bond motifs is 1. The Morgan fingerprint density at radius 2 is 1.89 bits per heavy atom. The molecule has 1 atom stereocenters. The Labute approximate surface area is 199 Å². The van der Waals surface area contributed by atoms with Gasteiger partial charge in [0.1, 0.15) is 5.76 Å². The molecular weight excluding hydrogens is 463 g/mol. The van der Waals surface area contributed by atoms with Crippen molar-refractivity contribution in [2.45, 2.75) is 45.2 Å². The minimum Gasteiger partial charge on any atom is -0.445 e. The van der Waals surface area contributed by atoms with Crippen LogP contribution in [-0.4, -0.2) is 39.7 Å². The van der Waals surface area contributed by atoms with E-state index in [0.29, 0.717) is 30.8 Å². The molecule has 1 aromatic carbocycles. The van der Waals surface area contributed by atoms with Crippen LogP contribution in [0.5, 0.6) is 0 Å². The van der Waals surface area contributed by atoms with E-state index in [-0.39, 0.29) is 30.8 Å². The summed E-state index contributed by atoms with van der Waals surface area (Å²) >= 11 is 0. The van der Waals surface area contributed by atoms with Crippen molar-refractivity contribution in [2.75, 3.05) is 13.1 Å². The molecule has 11 heteroatoms. The molecule has 3 aromatic rings. The second-order valence-electron chi connectivity index (χ2n) is 8.73. The maximum absolute atomic E-state index is 13.5. The number of hydrogen-bond donors (Lipinski definition) is 2. The van der Waals surface area contributed by atoms with Crippen molar-refractivity contribution in [1.29, 1.82) is 0 Å². The average molecular weight is 489 g/mol. The van der Waals surface area contributed by atoms with Gasteiger partial charge < -0.3 is 15.1 Å². The number of alkyl halides is 3. The summed E-state index contributed by atoms with van der Waals surface area (Å²) in [4.78, 5) is 29.5. The van der Waals surface area contributed by atoms with E-state index in [0.717, 1.165) is 22.3 Å². The number of nitrogens with one attached hydrogen (secondary N) is 2. The summed E-state index contributed by atoms with van der Waals surface area (Å²) in [6.07, 6.45) is -2.03. The fourth-order valence-corrected chi connectivity index (χ4v) is 3.93. The largest absolute Gasteiger partial charge is 0.445 e. The van der Waals surface area contributed by atoms with Crippen LogP contribution in [0.4, 0.5) is 13.2 Å². The highest BCUT2D eigenvalue weighted by atomic mass is 19.4. The summed E-state index contributed by atoms with van der Waals surface area (Å²) in [6, 6.07) is 8.21. The Morgan fingerprint density at radius 1 is 1.17 bits per heavy atom. The van der Waals surface area contributed by atoms with Gasteiger partial charge in [-0.05, 0) is 25.0 Å². The van der Waals surface area contributed by atoms with E-state index in [4.69, 9.17) is 4.42 Å². The lowest BCUT2D eigenvalue weighted by Gasteiger charge is -2.19. The molecule has 2 aromatic heterocycles. The van der Waals surface area contributed by atoms with Gasteiger partial charge in [0.2, 0.25) is 5.91 Å². The van der Waals surface area contributed by atoms with Crippen LogP contribution in [0.2, 0.25) is 0 Å². The minimum atomic E-state index is -4.79. The summed E-state index contributed by atoms with van der Waals surface area (Å²) in [7, 11) is 0. The number of carbonyl (C=O) groups is 2. The maximum atomic E-state index is 13.5.